The van der Waals surface area contributed by atoms with Gasteiger partial charge in [-0.25, -0.2) is 0 Å². The van der Waals surface area contributed by atoms with E-state index in [0.29, 0.717) is 5.56 Å². The summed E-state index contributed by atoms with van der Waals surface area (Å²) in [5.74, 6) is -3.99. The molecule has 142 valence electrons. The van der Waals surface area contributed by atoms with Crippen molar-refractivity contribution in [3.8, 4) is 11.5 Å². The number of ether oxygens (including phenoxy) is 2. The molecule has 3 rings (SSSR count). The molecule has 0 radical (unpaired) electrons. The number of rotatable bonds is 4. The Hall–Kier alpha value is -3.81. The first-order chi connectivity index (χ1) is 13.2. The monoisotopic (exact) mass is 382 g/mol. The van der Waals surface area contributed by atoms with E-state index >= 15 is 0 Å². The highest BCUT2D eigenvalue weighted by atomic mass is 16.5. The van der Waals surface area contributed by atoms with Crippen LogP contribution in [0.2, 0.25) is 0 Å². The molecule has 0 aromatic heterocycles. The Bertz CT molecular complexity index is 1060. The van der Waals surface area contributed by atoms with Gasteiger partial charge in [0.2, 0.25) is 0 Å². The minimum atomic E-state index is -1.09. The Kier molecular flexibility index (Phi) is 4.79. The van der Waals surface area contributed by atoms with E-state index in [2.05, 4.69) is 0 Å². The largest absolute Gasteiger partial charge is 0.481 e. The lowest BCUT2D eigenvalue weighted by molar-refractivity contribution is -0.136. The van der Waals surface area contributed by atoms with E-state index in [1.165, 1.54) is 30.3 Å². The maximum atomic E-state index is 13.1. The summed E-state index contributed by atoms with van der Waals surface area (Å²) in [4.78, 5) is 59.9. The van der Waals surface area contributed by atoms with E-state index in [0.717, 1.165) is 13.8 Å². The second-order valence-corrected chi connectivity index (χ2v) is 6.11. The first-order valence-corrected chi connectivity index (χ1v) is 8.17. The Morgan fingerprint density at radius 1 is 0.821 bits per heavy atom. The van der Waals surface area contributed by atoms with E-state index < -0.39 is 29.5 Å². The first-order valence-electron chi connectivity index (χ1n) is 8.17. The average Bonchev–Trinajstić information content (AvgIpc) is 2.59. The van der Waals surface area contributed by atoms with Crippen molar-refractivity contribution in [3.05, 3.63) is 58.1 Å². The summed E-state index contributed by atoms with van der Waals surface area (Å²) in [6.07, 6.45) is -0.327. The van der Waals surface area contributed by atoms with E-state index in [-0.39, 0.29) is 40.2 Å². The fourth-order valence-electron chi connectivity index (χ4n) is 3.03. The van der Waals surface area contributed by atoms with Gasteiger partial charge in [0.25, 0.3) is 0 Å². The number of benzene rings is 2. The molecule has 0 saturated carbocycles. The van der Waals surface area contributed by atoms with Crippen LogP contribution in [0, 0.1) is 0 Å². The summed E-state index contributed by atoms with van der Waals surface area (Å²) >= 11 is 0. The number of carbonyl (C=O) groups excluding carboxylic acids is 4. The van der Waals surface area contributed by atoms with Gasteiger partial charge in [0, 0.05) is 25.0 Å². The summed E-state index contributed by atoms with van der Waals surface area (Å²) in [7, 11) is 0. The van der Waals surface area contributed by atoms with Gasteiger partial charge in [0.05, 0.1) is 17.5 Å². The van der Waals surface area contributed by atoms with Crippen LogP contribution in [0.4, 0.5) is 0 Å². The lowest BCUT2D eigenvalue weighted by Gasteiger charge is -2.22. The molecule has 0 heterocycles. The number of carboxylic acids is 1. The summed E-state index contributed by atoms with van der Waals surface area (Å²) in [6.45, 7) is 2.29. The van der Waals surface area contributed by atoms with E-state index in [1.54, 1.807) is 0 Å². The smallest absolute Gasteiger partial charge is 0.308 e. The second kappa shape index (κ2) is 7.07. The van der Waals surface area contributed by atoms with Crippen molar-refractivity contribution in [1.29, 1.82) is 0 Å². The SMILES string of the molecule is CC(=O)Oc1ccc(OC(C)=O)c2c1C(=O)c1ccc(CC(=O)O)cc1C2=O. The standard InChI is InChI=1S/C20H14O8/c1-9(21)27-14-5-6-15(28-10(2)22)18-17(14)19(25)12-4-3-11(8-16(23)24)7-13(12)20(18)26/h3-7H,8H2,1-2H3,(H,23,24). The van der Waals surface area contributed by atoms with Gasteiger partial charge in [0.15, 0.2) is 11.6 Å². The quantitative estimate of drug-likeness (QED) is 0.536. The number of fused-ring (bicyclic) bond motifs is 2. The third-order valence-corrected chi connectivity index (χ3v) is 4.02. The van der Waals surface area contributed by atoms with Crippen molar-refractivity contribution < 1.29 is 38.6 Å². The Balaban J connectivity index is 2.24. The molecule has 28 heavy (non-hydrogen) atoms. The summed E-state index contributed by atoms with van der Waals surface area (Å²) < 4.78 is 10.1. The molecule has 0 amide bonds. The molecule has 1 N–H and O–H groups in total. The van der Waals surface area contributed by atoms with E-state index in [1.807, 2.05) is 0 Å². The third kappa shape index (κ3) is 3.39. The molecule has 0 bridgehead atoms. The predicted molar refractivity (Wildman–Crippen MR) is 93.7 cm³/mol. The lowest BCUT2D eigenvalue weighted by atomic mass is 9.82. The molecule has 0 spiro atoms. The molecule has 1 aliphatic rings. The van der Waals surface area contributed by atoms with Gasteiger partial charge in [-0.3, -0.25) is 24.0 Å². The van der Waals surface area contributed by atoms with Crippen LogP contribution in [-0.4, -0.2) is 34.6 Å². The minimum absolute atomic E-state index is 0.00960. The van der Waals surface area contributed by atoms with Gasteiger partial charge in [-0.1, -0.05) is 6.07 Å². The van der Waals surface area contributed by atoms with E-state index in [9.17, 15) is 24.0 Å². The normalized spacial score (nSPS) is 12.1. The summed E-state index contributed by atoms with van der Waals surface area (Å²) in [5.41, 5.74) is -0.0259. The summed E-state index contributed by atoms with van der Waals surface area (Å²) in [6, 6.07) is 6.64. The van der Waals surface area contributed by atoms with Crippen LogP contribution in [-0.2, 0) is 20.8 Å². The van der Waals surface area contributed by atoms with Gasteiger partial charge in [-0.05, 0) is 29.8 Å². The molecule has 0 fully saturated rings. The minimum Gasteiger partial charge on any atom is -0.481 e. The Morgan fingerprint density at radius 3 is 1.79 bits per heavy atom. The van der Waals surface area contributed by atoms with Gasteiger partial charge < -0.3 is 14.6 Å². The van der Waals surface area contributed by atoms with Crippen molar-refractivity contribution in [2.45, 2.75) is 20.3 Å². The average molecular weight is 382 g/mol. The first kappa shape index (κ1) is 19.0. The molecule has 1 aliphatic carbocycles. The molecular weight excluding hydrogens is 368 g/mol. The number of ketones is 2. The number of esters is 2. The van der Waals surface area contributed by atoms with Crippen LogP contribution in [0.3, 0.4) is 0 Å². The molecule has 8 heteroatoms. The summed E-state index contributed by atoms with van der Waals surface area (Å²) in [5, 5.41) is 8.95. The highest BCUT2D eigenvalue weighted by Crippen LogP contribution is 2.39. The fourth-order valence-corrected chi connectivity index (χ4v) is 3.03. The zero-order chi connectivity index (χ0) is 20.6. The van der Waals surface area contributed by atoms with Gasteiger partial charge in [0.1, 0.15) is 11.5 Å². The predicted octanol–water partition coefficient (Wildman–Crippen LogP) is 1.94. The lowest BCUT2D eigenvalue weighted by Crippen LogP contribution is -2.24. The highest BCUT2D eigenvalue weighted by Gasteiger charge is 2.36. The van der Waals surface area contributed by atoms with Crippen molar-refractivity contribution >= 4 is 29.5 Å². The molecule has 0 aliphatic heterocycles. The fraction of sp³-hybridized carbons (Fsp3) is 0.150. The zero-order valence-electron chi connectivity index (χ0n) is 14.9. The van der Waals surface area contributed by atoms with Crippen molar-refractivity contribution in [3.63, 3.8) is 0 Å². The van der Waals surface area contributed by atoms with Crippen LogP contribution >= 0.6 is 0 Å². The van der Waals surface area contributed by atoms with E-state index in [4.69, 9.17) is 14.6 Å². The maximum Gasteiger partial charge on any atom is 0.308 e. The number of hydrogen-bond donors (Lipinski definition) is 1. The maximum absolute atomic E-state index is 13.1. The van der Waals surface area contributed by atoms with Crippen molar-refractivity contribution in [2.75, 3.05) is 0 Å². The number of hydrogen-bond acceptors (Lipinski definition) is 7. The van der Waals surface area contributed by atoms with Gasteiger partial charge in [-0.2, -0.15) is 0 Å². The number of carbonyl (C=O) groups is 5. The molecule has 2 aromatic carbocycles. The topological polar surface area (TPSA) is 124 Å². The van der Waals surface area contributed by atoms with Crippen molar-refractivity contribution in [1.82, 2.24) is 0 Å². The molecule has 0 atom stereocenters. The molecule has 2 aromatic rings. The number of carboxylic acid groups (broad SMARTS) is 1. The molecule has 8 nitrogen and oxygen atoms in total. The molecule has 0 saturated heterocycles. The van der Waals surface area contributed by atoms with Crippen LogP contribution in [0.15, 0.2) is 30.3 Å². The van der Waals surface area contributed by atoms with Crippen LogP contribution in [0.5, 0.6) is 11.5 Å². The van der Waals surface area contributed by atoms with Crippen LogP contribution < -0.4 is 9.47 Å². The molecular formula is C20H14O8. The Labute approximate surface area is 158 Å². The molecule has 0 unspecified atom stereocenters. The zero-order valence-corrected chi connectivity index (χ0v) is 14.9. The van der Waals surface area contributed by atoms with Crippen molar-refractivity contribution in [2.24, 2.45) is 0 Å². The van der Waals surface area contributed by atoms with Crippen LogP contribution in [0.1, 0.15) is 51.3 Å². The Morgan fingerprint density at radius 2 is 1.32 bits per heavy atom. The van der Waals surface area contributed by atoms with Gasteiger partial charge in [-0.15, -0.1) is 0 Å². The highest BCUT2D eigenvalue weighted by molar-refractivity contribution is 6.30. The van der Waals surface area contributed by atoms with Gasteiger partial charge >= 0.3 is 17.9 Å². The van der Waals surface area contributed by atoms with Crippen LogP contribution in [0.25, 0.3) is 0 Å². The second-order valence-electron chi connectivity index (χ2n) is 6.11. The third-order valence-electron chi connectivity index (χ3n) is 4.02. The number of aliphatic carboxylic acids is 1.